The summed E-state index contributed by atoms with van der Waals surface area (Å²) in [5.41, 5.74) is -0.245. The van der Waals surface area contributed by atoms with E-state index in [1.165, 1.54) is 6.20 Å². The Balaban J connectivity index is 2.22. The van der Waals surface area contributed by atoms with Crippen LogP contribution in [0.4, 0.5) is 13.2 Å². The highest BCUT2D eigenvalue weighted by molar-refractivity contribution is 5.13. The van der Waals surface area contributed by atoms with Gasteiger partial charge in [0.2, 0.25) is 0 Å². The van der Waals surface area contributed by atoms with Crippen molar-refractivity contribution in [2.75, 3.05) is 0 Å². The Morgan fingerprint density at radius 3 is 2.23 bits per heavy atom. The lowest BCUT2D eigenvalue weighted by molar-refractivity contribution is -0.141. The van der Waals surface area contributed by atoms with Crippen LogP contribution in [0.25, 0.3) is 0 Å². The van der Waals surface area contributed by atoms with E-state index in [-0.39, 0.29) is 0 Å². The van der Waals surface area contributed by atoms with Crippen molar-refractivity contribution in [1.29, 1.82) is 0 Å². The Kier molecular flexibility index (Phi) is 1.75. The smallest absolute Gasteiger partial charge is 0.257 e. The van der Waals surface area contributed by atoms with Gasteiger partial charge in [0.25, 0.3) is 0 Å². The minimum Gasteiger partial charge on any atom is -0.257 e. The lowest BCUT2D eigenvalue weighted by atomic mass is 10.3. The van der Waals surface area contributed by atoms with E-state index >= 15 is 0 Å². The van der Waals surface area contributed by atoms with E-state index in [4.69, 9.17) is 0 Å². The largest absolute Gasteiger partial charge is 0.434 e. The molecule has 1 saturated carbocycles. The summed E-state index contributed by atoms with van der Waals surface area (Å²) < 4.78 is 36.1. The first-order valence-corrected chi connectivity index (χ1v) is 3.96. The second-order valence-corrected chi connectivity index (χ2v) is 3.10. The zero-order chi connectivity index (χ0) is 9.47. The van der Waals surface area contributed by atoms with Crippen LogP contribution in [-0.2, 0) is 6.18 Å². The molecule has 0 unspecified atom stereocenters. The first-order valence-electron chi connectivity index (χ1n) is 3.96. The third-order valence-corrected chi connectivity index (χ3v) is 1.96. The highest BCUT2D eigenvalue weighted by Gasteiger charge is 2.33. The van der Waals surface area contributed by atoms with Crippen molar-refractivity contribution >= 4 is 0 Å². The summed E-state index contributed by atoms with van der Waals surface area (Å²) in [5, 5.41) is 0. The number of alkyl halides is 3. The maximum Gasteiger partial charge on any atom is 0.434 e. The van der Waals surface area contributed by atoms with Gasteiger partial charge in [-0.1, -0.05) is 0 Å². The molecule has 0 bridgehead atoms. The maximum atomic E-state index is 12.0. The summed E-state index contributed by atoms with van der Waals surface area (Å²) in [7, 11) is 0. The van der Waals surface area contributed by atoms with E-state index in [1.54, 1.807) is 0 Å². The number of hydrogen-bond acceptors (Lipinski definition) is 2. The predicted molar refractivity (Wildman–Crippen MR) is 39.0 cm³/mol. The number of rotatable bonds is 1. The summed E-state index contributed by atoms with van der Waals surface area (Å²) in [4.78, 5) is 7.05. The van der Waals surface area contributed by atoms with Gasteiger partial charge in [0.1, 0.15) is 0 Å². The highest BCUT2D eigenvalue weighted by atomic mass is 19.4. The van der Waals surface area contributed by atoms with Gasteiger partial charge in [0.15, 0.2) is 5.69 Å². The normalized spacial score (nSPS) is 17.5. The van der Waals surface area contributed by atoms with Crippen molar-refractivity contribution in [2.24, 2.45) is 0 Å². The molecule has 70 valence electrons. The molecule has 0 spiro atoms. The molecule has 0 N–H and O–H groups in total. The number of nitrogens with zero attached hydrogens (tertiary/aromatic N) is 2. The lowest BCUT2D eigenvalue weighted by Gasteiger charge is -2.04. The molecule has 1 fully saturated rings. The van der Waals surface area contributed by atoms with E-state index < -0.39 is 11.9 Å². The summed E-state index contributed by atoms with van der Waals surface area (Å²) in [5.74, 6) is 0.342. The minimum atomic E-state index is -4.38. The number of hydrogen-bond donors (Lipinski definition) is 0. The molecule has 1 aliphatic carbocycles. The van der Waals surface area contributed by atoms with Crippen LogP contribution in [-0.4, -0.2) is 9.97 Å². The predicted octanol–water partition coefficient (Wildman–Crippen LogP) is 2.37. The Morgan fingerprint density at radius 1 is 1.15 bits per heavy atom. The second kappa shape index (κ2) is 2.68. The molecule has 0 radical (unpaired) electrons. The third kappa shape index (κ3) is 1.79. The van der Waals surface area contributed by atoms with Gasteiger partial charge in [0.05, 0.1) is 11.9 Å². The van der Waals surface area contributed by atoms with Gasteiger partial charge in [-0.15, -0.1) is 0 Å². The van der Waals surface area contributed by atoms with Gasteiger partial charge in [-0.05, 0) is 12.8 Å². The van der Waals surface area contributed by atoms with Crippen molar-refractivity contribution in [3.8, 4) is 0 Å². The van der Waals surface area contributed by atoms with Gasteiger partial charge in [-0.25, -0.2) is 4.98 Å². The monoisotopic (exact) mass is 188 g/mol. The zero-order valence-corrected chi connectivity index (χ0v) is 6.67. The Bertz CT molecular complexity index is 300. The Morgan fingerprint density at radius 2 is 1.85 bits per heavy atom. The molecule has 13 heavy (non-hydrogen) atoms. The van der Waals surface area contributed by atoms with Gasteiger partial charge in [0, 0.05) is 12.1 Å². The van der Waals surface area contributed by atoms with Crippen LogP contribution in [0, 0.1) is 0 Å². The minimum absolute atomic E-state index is 0.342. The Labute approximate surface area is 72.8 Å². The van der Waals surface area contributed by atoms with E-state index in [0.29, 0.717) is 11.6 Å². The highest BCUT2D eigenvalue weighted by Crippen LogP contribution is 2.38. The van der Waals surface area contributed by atoms with Crippen molar-refractivity contribution in [3.63, 3.8) is 0 Å². The molecule has 0 saturated heterocycles. The van der Waals surface area contributed by atoms with Crippen LogP contribution >= 0.6 is 0 Å². The standard InChI is InChI=1S/C8H7F3N2/c9-8(10,11)7-4-12-6(3-13-7)5-1-2-5/h3-5H,1-2H2. The second-order valence-electron chi connectivity index (χ2n) is 3.10. The zero-order valence-electron chi connectivity index (χ0n) is 6.67. The van der Waals surface area contributed by atoms with Crippen LogP contribution in [0.2, 0.25) is 0 Å². The average molecular weight is 188 g/mol. The summed E-state index contributed by atoms with van der Waals surface area (Å²) >= 11 is 0. The topological polar surface area (TPSA) is 25.8 Å². The average Bonchev–Trinajstić information content (AvgIpc) is 2.85. The first-order chi connectivity index (χ1) is 6.07. The van der Waals surface area contributed by atoms with Gasteiger partial charge >= 0.3 is 6.18 Å². The van der Waals surface area contributed by atoms with Crippen molar-refractivity contribution in [3.05, 3.63) is 23.8 Å². The molecule has 1 aromatic heterocycles. The first kappa shape index (κ1) is 8.47. The summed E-state index contributed by atoms with van der Waals surface area (Å²) in [6, 6.07) is 0. The molecule has 0 aliphatic heterocycles. The lowest BCUT2D eigenvalue weighted by Crippen LogP contribution is -2.08. The molecule has 1 aromatic rings. The quantitative estimate of drug-likeness (QED) is 0.676. The molecule has 0 amide bonds. The summed E-state index contributed by atoms with van der Waals surface area (Å²) in [6.07, 6.45) is -0.330. The van der Waals surface area contributed by atoms with E-state index in [9.17, 15) is 13.2 Å². The molecular formula is C8H7F3N2. The fourth-order valence-electron chi connectivity index (χ4n) is 1.07. The van der Waals surface area contributed by atoms with Crippen LogP contribution in [0.1, 0.15) is 30.1 Å². The molecule has 5 heteroatoms. The fourth-order valence-corrected chi connectivity index (χ4v) is 1.07. The van der Waals surface area contributed by atoms with Crippen LogP contribution < -0.4 is 0 Å². The van der Waals surface area contributed by atoms with Gasteiger partial charge < -0.3 is 0 Å². The SMILES string of the molecule is FC(F)(F)c1cnc(C2CC2)cn1. The van der Waals surface area contributed by atoms with Crippen molar-refractivity contribution in [2.45, 2.75) is 24.9 Å². The van der Waals surface area contributed by atoms with Crippen LogP contribution in [0.3, 0.4) is 0 Å². The van der Waals surface area contributed by atoms with Crippen LogP contribution in [0.15, 0.2) is 12.4 Å². The van der Waals surface area contributed by atoms with Crippen molar-refractivity contribution in [1.82, 2.24) is 9.97 Å². The van der Waals surface area contributed by atoms with Crippen molar-refractivity contribution < 1.29 is 13.2 Å². The fraction of sp³-hybridized carbons (Fsp3) is 0.500. The number of aromatic nitrogens is 2. The third-order valence-electron chi connectivity index (χ3n) is 1.96. The molecule has 1 aliphatic rings. The Hall–Kier alpha value is -1.13. The molecular weight excluding hydrogens is 181 g/mol. The molecule has 2 nitrogen and oxygen atoms in total. The maximum absolute atomic E-state index is 12.0. The van der Waals surface area contributed by atoms with E-state index in [1.807, 2.05) is 0 Å². The molecule has 0 atom stereocenters. The molecule has 0 aromatic carbocycles. The molecule has 1 heterocycles. The van der Waals surface area contributed by atoms with E-state index in [0.717, 1.165) is 19.0 Å². The number of halogens is 3. The van der Waals surface area contributed by atoms with Gasteiger partial charge in [-0.2, -0.15) is 13.2 Å². The van der Waals surface area contributed by atoms with E-state index in [2.05, 4.69) is 9.97 Å². The van der Waals surface area contributed by atoms with Gasteiger partial charge in [-0.3, -0.25) is 4.98 Å². The summed E-state index contributed by atoms with van der Waals surface area (Å²) in [6.45, 7) is 0. The molecule has 2 rings (SSSR count). The van der Waals surface area contributed by atoms with Crippen LogP contribution in [0.5, 0.6) is 0 Å².